The predicted octanol–water partition coefficient (Wildman–Crippen LogP) is 2.94. The van der Waals surface area contributed by atoms with Crippen LogP contribution in [0, 0.1) is 0 Å². The molecular formula is C14H17ClN2. The number of hydrogen-bond donors (Lipinski definition) is 2. The summed E-state index contributed by atoms with van der Waals surface area (Å²) in [6.07, 6.45) is 0. The highest BCUT2D eigenvalue weighted by molar-refractivity contribution is 6.31. The van der Waals surface area contributed by atoms with E-state index in [0.717, 1.165) is 10.6 Å². The fourth-order valence-corrected chi connectivity index (χ4v) is 1.49. The van der Waals surface area contributed by atoms with Crippen LogP contribution in [0.3, 0.4) is 0 Å². The van der Waals surface area contributed by atoms with E-state index in [0.29, 0.717) is 13.1 Å². The summed E-state index contributed by atoms with van der Waals surface area (Å²) in [4.78, 5) is 0. The van der Waals surface area contributed by atoms with Crippen LogP contribution in [-0.2, 0) is 13.1 Å². The molecule has 2 aromatic carbocycles. The van der Waals surface area contributed by atoms with Gasteiger partial charge in [-0.05, 0) is 17.2 Å². The van der Waals surface area contributed by atoms with Crippen LogP contribution in [0.4, 0.5) is 0 Å². The van der Waals surface area contributed by atoms with Gasteiger partial charge in [-0.2, -0.15) is 0 Å². The normalized spacial score (nSPS) is 9.35. The molecule has 0 bridgehead atoms. The van der Waals surface area contributed by atoms with Gasteiger partial charge in [0.2, 0.25) is 0 Å². The fraction of sp³-hybridized carbons (Fsp3) is 0.143. The number of benzene rings is 2. The molecule has 0 amide bonds. The van der Waals surface area contributed by atoms with Crippen molar-refractivity contribution in [2.75, 3.05) is 0 Å². The van der Waals surface area contributed by atoms with Crippen LogP contribution < -0.4 is 11.5 Å². The van der Waals surface area contributed by atoms with Crippen molar-refractivity contribution >= 4 is 11.6 Å². The van der Waals surface area contributed by atoms with Crippen LogP contribution in [0.5, 0.6) is 0 Å². The summed E-state index contributed by atoms with van der Waals surface area (Å²) in [5.74, 6) is 0. The molecule has 4 N–H and O–H groups in total. The number of nitrogens with two attached hydrogens (primary N) is 2. The first-order chi connectivity index (χ1) is 8.27. The molecule has 0 heterocycles. The summed E-state index contributed by atoms with van der Waals surface area (Å²) < 4.78 is 0. The summed E-state index contributed by atoms with van der Waals surface area (Å²) in [7, 11) is 0. The van der Waals surface area contributed by atoms with E-state index in [1.807, 2.05) is 54.6 Å². The lowest BCUT2D eigenvalue weighted by Gasteiger charge is -1.96. The molecule has 3 heteroatoms. The summed E-state index contributed by atoms with van der Waals surface area (Å²) in [6, 6.07) is 17.6. The second-order valence-corrected chi connectivity index (χ2v) is 3.89. The molecule has 0 aromatic heterocycles. The van der Waals surface area contributed by atoms with E-state index in [9.17, 15) is 0 Å². The zero-order valence-electron chi connectivity index (χ0n) is 9.64. The zero-order valence-corrected chi connectivity index (χ0v) is 10.4. The predicted molar refractivity (Wildman–Crippen MR) is 73.7 cm³/mol. The molecule has 0 aliphatic heterocycles. The van der Waals surface area contributed by atoms with Crippen molar-refractivity contribution in [3.63, 3.8) is 0 Å². The Kier molecular flexibility index (Phi) is 6.33. The van der Waals surface area contributed by atoms with Crippen LogP contribution in [0.2, 0.25) is 5.02 Å². The van der Waals surface area contributed by atoms with Gasteiger partial charge < -0.3 is 11.5 Å². The maximum absolute atomic E-state index is 5.74. The lowest BCUT2D eigenvalue weighted by molar-refractivity contribution is 1.07. The Morgan fingerprint density at radius 2 is 1.35 bits per heavy atom. The summed E-state index contributed by atoms with van der Waals surface area (Å²) in [5.41, 5.74) is 12.9. The highest BCUT2D eigenvalue weighted by atomic mass is 35.5. The minimum atomic E-state index is 0.514. The van der Waals surface area contributed by atoms with Gasteiger partial charge in [0.1, 0.15) is 0 Å². The first-order valence-corrected chi connectivity index (χ1v) is 5.83. The Morgan fingerprint density at radius 1 is 0.765 bits per heavy atom. The Bertz CT molecular complexity index is 429. The molecule has 90 valence electrons. The minimum Gasteiger partial charge on any atom is -0.326 e. The highest BCUT2D eigenvalue weighted by Gasteiger charge is 1.92. The van der Waals surface area contributed by atoms with E-state index in [1.165, 1.54) is 5.56 Å². The van der Waals surface area contributed by atoms with Gasteiger partial charge in [-0.3, -0.25) is 0 Å². The molecular weight excluding hydrogens is 232 g/mol. The standard InChI is InChI=1S/C7H8ClN.C7H9N/c8-7-4-2-1-3-6(7)5-9;8-6-7-4-2-1-3-5-7/h1-4H,5,9H2;1-5H,6,8H2. The molecule has 2 aromatic rings. The van der Waals surface area contributed by atoms with Crippen molar-refractivity contribution < 1.29 is 0 Å². The van der Waals surface area contributed by atoms with Gasteiger partial charge in [0, 0.05) is 18.1 Å². The second kappa shape index (κ2) is 7.85. The van der Waals surface area contributed by atoms with E-state index in [4.69, 9.17) is 23.1 Å². The van der Waals surface area contributed by atoms with Crippen LogP contribution in [-0.4, -0.2) is 0 Å². The summed E-state index contributed by atoms with van der Waals surface area (Å²) >= 11 is 5.74. The quantitative estimate of drug-likeness (QED) is 0.859. The van der Waals surface area contributed by atoms with E-state index >= 15 is 0 Å². The Hall–Kier alpha value is -1.35. The van der Waals surface area contributed by atoms with Crippen molar-refractivity contribution in [2.45, 2.75) is 13.1 Å². The Morgan fingerprint density at radius 3 is 1.76 bits per heavy atom. The van der Waals surface area contributed by atoms with E-state index in [-0.39, 0.29) is 0 Å². The van der Waals surface area contributed by atoms with Gasteiger partial charge in [0.05, 0.1) is 0 Å². The fourth-order valence-electron chi connectivity index (χ4n) is 1.28. The van der Waals surface area contributed by atoms with Crippen molar-refractivity contribution in [2.24, 2.45) is 11.5 Å². The molecule has 0 spiro atoms. The maximum atomic E-state index is 5.74. The van der Waals surface area contributed by atoms with Crippen molar-refractivity contribution in [1.82, 2.24) is 0 Å². The number of rotatable bonds is 2. The molecule has 0 aliphatic carbocycles. The molecule has 2 rings (SSSR count). The molecule has 0 saturated carbocycles. The monoisotopic (exact) mass is 248 g/mol. The zero-order chi connectivity index (χ0) is 12.5. The summed E-state index contributed by atoms with van der Waals surface area (Å²) in [5, 5.41) is 0.750. The molecule has 0 fully saturated rings. The van der Waals surface area contributed by atoms with Gasteiger partial charge in [-0.1, -0.05) is 60.1 Å². The molecule has 0 unspecified atom stereocenters. The Labute approximate surface area is 107 Å². The van der Waals surface area contributed by atoms with Crippen molar-refractivity contribution in [3.05, 3.63) is 70.7 Å². The molecule has 2 nitrogen and oxygen atoms in total. The molecule has 0 radical (unpaired) electrons. The average Bonchev–Trinajstić information content (AvgIpc) is 2.41. The van der Waals surface area contributed by atoms with Crippen LogP contribution >= 0.6 is 11.6 Å². The third kappa shape index (κ3) is 5.00. The van der Waals surface area contributed by atoms with E-state index in [2.05, 4.69) is 0 Å². The number of halogens is 1. The van der Waals surface area contributed by atoms with Gasteiger partial charge in [0.25, 0.3) is 0 Å². The largest absolute Gasteiger partial charge is 0.326 e. The topological polar surface area (TPSA) is 52.0 Å². The third-order valence-corrected chi connectivity index (χ3v) is 2.63. The van der Waals surface area contributed by atoms with Crippen LogP contribution in [0.15, 0.2) is 54.6 Å². The molecule has 0 saturated heterocycles. The van der Waals surface area contributed by atoms with E-state index < -0.39 is 0 Å². The molecule has 17 heavy (non-hydrogen) atoms. The first-order valence-electron chi connectivity index (χ1n) is 5.45. The van der Waals surface area contributed by atoms with Gasteiger partial charge >= 0.3 is 0 Å². The van der Waals surface area contributed by atoms with E-state index in [1.54, 1.807) is 0 Å². The maximum Gasteiger partial charge on any atom is 0.0450 e. The highest BCUT2D eigenvalue weighted by Crippen LogP contribution is 2.12. The Balaban J connectivity index is 0.000000171. The van der Waals surface area contributed by atoms with Gasteiger partial charge in [-0.15, -0.1) is 0 Å². The lowest BCUT2D eigenvalue weighted by Crippen LogP contribution is -1.95. The average molecular weight is 249 g/mol. The van der Waals surface area contributed by atoms with Crippen molar-refractivity contribution in [3.8, 4) is 0 Å². The third-order valence-electron chi connectivity index (χ3n) is 2.26. The van der Waals surface area contributed by atoms with Crippen molar-refractivity contribution in [1.29, 1.82) is 0 Å². The first kappa shape index (κ1) is 13.7. The van der Waals surface area contributed by atoms with Crippen LogP contribution in [0.25, 0.3) is 0 Å². The lowest BCUT2D eigenvalue weighted by atomic mass is 10.2. The summed E-state index contributed by atoms with van der Waals surface area (Å²) in [6.45, 7) is 1.15. The molecule has 0 aliphatic rings. The van der Waals surface area contributed by atoms with Gasteiger partial charge in [-0.25, -0.2) is 0 Å². The van der Waals surface area contributed by atoms with Crippen LogP contribution in [0.1, 0.15) is 11.1 Å². The SMILES string of the molecule is NCc1ccccc1.NCc1ccccc1Cl. The number of hydrogen-bond acceptors (Lipinski definition) is 2. The minimum absolute atomic E-state index is 0.514. The smallest absolute Gasteiger partial charge is 0.0450 e. The molecule has 0 atom stereocenters. The second-order valence-electron chi connectivity index (χ2n) is 3.49. The van der Waals surface area contributed by atoms with Gasteiger partial charge in [0.15, 0.2) is 0 Å².